The third-order valence-corrected chi connectivity index (χ3v) is 4.68. The Balaban J connectivity index is 1.68. The molecule has 6 nitrogen and oxygen atoms in total. The second-order valence-corrected chi connectivity index (χ2v) is 6.36. The maximum Gasteiger partial charge on any atom is 0.407 e. The third-order valence-electron chi connectivity index (χ3n) is 4.68. The first-order valence-corrected chi connectivity index (χ1v) is 8.72. The van der Waals surface area contributed by atoms with Gasteiger partial charge in [-0.25, -0.2) is 4.79 Å². The van der Waals surface area contributed by atoms with Crippen molar-refractivity contribution in [2.75, 3.05) is 13.2 Å². The molecule has 1 aliphatic rings. The van der Waals surface area contributed by atoms with Crippen LogP contribution in [0.2, 0.25) is 0 Å². The third kappa shape index (κ3) is 3.70. The Kier molecular flexibility index (Phi) is 5.53. The number of nitrogens with one attached hydrogen (secondary N) is 1. The number of nitrogens with two attached hydrogens (primary N) is 2. The molecule has 0 spiro atoms. The number of carbonyl (C=O) groups is 2. The monoisotopic (exact) mass is 353 g/mol. The molecule has 5 N–H and O–H groups in total. The van der Waals surface area contributed by atoms with Crippen LogP contribution in [0.3, 0.4) is 0 Å². The Bertz CT molecular complexity index is 761. The summed E-state index contributed by atoms with van der Waals surface area (Å²) < 4.78 is 5.41. The van der Waals surface area contributed by atoms with Gasteiger partial charge in [0.05, 0.1) is 0 Å². The van der Waals surface area contributed by atoms with Gasteiger partial charge in [-0.3, -0.25) is 4.79 Å². The lowest BCUT2D eigenvalue weighted by atomic mass is 9.98. The smallest absolute Gasteiger partial charge is 0.407 e. The van der Waals surface area contributed by atoms with Crippen molar-refractivity contribution in [1.29, 1.82) is 0 Å². The van der Waals surface area contributed by atoms with E-state index < -0.39 is 18.0 Å². The van der Waals surface area contributed by atoms with E-state index in [0.29, 0.717) is 19.4 Å². The first kappa shape index (κ1) is 17.9. The normalized spacial score (nSPS) is 13.6. The number of hydrogen-bond acceptors (Lipinski definition) is 4. The van der Waals surface area contributed by atoms with Crippen molar-refractivity contribution in [1.82, 2.24) is 5.32 Å². The fourth-order valence-corrected chi connectivity index (χ4v) is 3.39. The maximum absolute atomic E-state index is 12.1. The van der Waals surface area contributed by atoms with E-state index in [1.54, 1.807) is 0 Å². The maximum atomic E-state index is 12.1. The van der Waals surface area contributed by atoms with E-state index in [1.807, 2.05) is 24.3 Å². The van der Waals surface area contributed by atoms with Gasteiger partial charge in [0.1, 0.15) is 12.6 Å². The number of carbonyl (C=O) groups excluding carboxylic acids is 2. The number of benzene rings is 2. The Morgan fingerprint density at radius 1 is 1.04 bits per heavy atom. The van der Waals surface area contributed by atoms with Crippen molar-refractivity contribution >= 4 is 12.0 Å². The van der Waals surface area contributed by atoms with Gasteiger partial charge < -0.3 is 21.5 Å². The molecule has 26 heavy (non-hydrogen) atoms. The summed E-state index contributed by atoms with van der Waals surface area (Å²) in [5.41, 5.74) is 15.4. The molecule has 0 aromatic heterocycles. The highest BCUT2D eigenvalue weighted by Crippen LogP contribution is 2.44. The molecule has 0 heterocycles. The van der Waals surface area contributed by atoms with Gasteiger partial charge in [-0.2, -0.15) is 0 Å². The lowest BCUT2D eigenvalue weighted by Gasteiger charge is -2.17. The van der Waals surface area contributed by atoms with Crippen molar-refractivity contribution in [2.45, 2.75) is 24.8 Å². The molecular weight excluding hydrogens is 330 g/mol. The summed E-state index contributed by atoms with van der Waals surface area (Å²) in [6, 6.07) is 15.4. The van der Waals surface area contributed by atoms with Gasteiger partial charge >= 0.3 is 6.09 Å². The second-order valence-electron chi connectivity index (χ2n) is 6.36. The minimum absolute atomic E-state index is 0.0239. The number of primary amides is 1. The molecular formula is C20H23N3O3. The van der Waals surface area contributed by atoms with Crippen molar-refractivity contribution in [2.24, 2.45) is 11.5 Å². The van der Waals surface area contributed by atoms with Crippen LogP contribution in [-0.4, -0.2) is 31.2 Å². The van der Waals surface area contributed by atoms with Crippen LogP contribution in [0.25, 0.3) is 11.1 Å². The Labute approximate surface area is 152 Å². The molecule has 0 saturated heterocycles. The lowest BCUT2D eigenvalue weighted by Crippen LogP contribution is -2.45. The number of fused-ring (bicyclic) bond motifs is 3. The van der Waals surface area contributed by atoms with E-state index in [9.17, 15) is 9.59 Å². The van der Waals surface area contributed by atoms with Crippen LogP contribution in [0, 0.1) is 0 Å². The number of ether oxygens (including phenoxy) is 1. The van der Waals surface area contributed by atoms with Crippen LogP contribution in [-0.2, 0) is 9.53 Å². The summed E-state index contributed by atoms with van der Waals surface area (Å²) in [5, 5.41) is 2.53. The number of hydrogen-bond donors (Lipinski definition) is 3. The molecule has 0 unspecified atom stereocenters. The number of rotatable bonds is 7. The summed E-state index contributed by atoms with van der Waals surface area (Å²) >= 11 is 0. The summed E-state index contributed by atoms with van der Waals surface area (Å²) in [5.74, 6) is -0.615. The zero-order chi connectivity index (χ0) is 18.5. The summed E-state index contributed by atoms with van der Waals surface area (Å²) in [6.07, 6.45) is 0.348. The number of alkyl carbamates (subject to hydrolysis) is 1. The topological polar surface area (TPSA) is 107 Å². The summed E-state index contributed by atoms with van der Waals surface area (Å²) in [7, 11) is 0. The highest BCUT2D eigenvalue weighted by Gasteiger charge is 2.29. The first-order chi connectivity index (χ1) is 12.6. The quantitative estimate of drug-likeness (QED) is 0.708. The SMILES string of the molecule is NCCC[C@H](NC(=O)OCC1c2ccccc2-c2ccccc21)C(N)=O. The molecule has 0 radical (unpaired) electrons. The van der Waals surface area contributed by atoms with Gasteiger partial charge in [0.2, 0.25) is 5.91 Å². The van der Waals surface area contributed by atoms with Crippen molar-refractivity contribution in [3.05, 3.63) is 59.7 Å². The molecule has 1 atom stereocenters. The Hall–Kier alpha value is -2.86. The molecule has 0 aliphatic heterocycles. The summed E-state index contributed by atoms with van der Waals surface area (Å²) in [4.78, 5) is 23.6. The lowest BCUT2D eigenvalue weighted by molar-refractivity contribution is -0.120. The molecule has 2 amide bonds. The van der Waals surface area contributed by atoms with Gasteiger partial charge in [0.15, 0.2) is 0 Å². The minimum Gasteiger partial charge on any atom is -0.449 e. The molecule has 0 fully saturated rings. The van der Waals surface area contributed by atoms with Crippen LogP contribution in [0.15, 0.2) is 48.5 Å². The van der Waals surface area contributed by atoms with Crippen LogP contribution >= 0.6 is 0 Å². The predicted molar refractivity (Wildman–Crippen MR) is 99.5 cm³/mol. The van der Waals surface area contributed by atoms with Crippen molar-refractivity contribution in [3.8, 4) is 11.1 Å². The zero-order valence-electron chi connectivity index (χ0n) is 14.5. The van der Waals surface area contributed by atoms with Crippen molar-refractivity contribution in [3.63, 3.8) is 0 Å². The highest BCUT2D eigenvalue weighted by molar-refractivity contribution is 5.84. The van der Waals surface area contributed by atoms with Crippen LogP contribution < -0.4 is 16.8 Å². The summed E-state index contributed by atoms with van der Waals surface area (Å²) in [6.45, 7) is 0.623. The predicted octanol–water partition coefficient (Wildman–Crippen LogP) is 2.12. The fourth-order valence-electron chi connectivity index (χ4n) is 3.39. The van der Waals surface area contributed by atoms with E-state index >= 15 is 0 Å². The molecule has 0 bridgehead atoms. The number of amides is 2. The van der Waals surface area contributed by atoms with Crippen LogP contribution in [0.4, 0.5) is 4.79 Å². The molecule has 1 aliphatic carbocycles. The minimum atomic E-state index is -0.769. The average molecular weight is 353 g/mol. The molecule has 2 aromatic carbocycles. The first-order valence-electron chi connectivity index (χ1n) is 8.72. The zero-order valence-corrected chi connectivity index (χ0v) is 14.5. The Morgan fingerprint density at radius 3 is 2.15 bits per heavy atom. The molecule has 2 aromatic rings. The van der Waals surface area contributed by atoms with E-state index in [2.05, 4.69) is 29.6 Å². The molecule has 0 saturated carbocycles. The standard InChI is InChI=1S/C20H23N3O3/c21-11-5-10-18(19(22)24)23-20(25)26-12-17-15-8-3-1-6-13(15)14-7-2-4-9-16(14)17/h1-4,6-9,17-18H,5,10-12,21H2,(H2,22,24)(H,23,25)/t18-/m0/s1. The van der Waals surface area contributed by atoms with E-state index in [-0.39, 0.29) is 12.5 Å². The largest absolute Gasteiger partial charge is 0.449 e. The second kappa shape index (κ2) is 8.01. The van der Waals surface area contributed by atoms with Gasteiger partial charge in [0, 0.05) is 5.92 Å². The Morgan fingerprint density at radius 2 is 1.62 bits per heavy atom. The van der Waals surface area contributed by atoms with E-state index in [4.69, 9.17) is 16.2 Å². The van der Waals surface area contributed by atoms with Gasteiger partial charge in [-0.1, -0.05) is 48.5 Å². The molecule has 6 heteroatoms. The fraction of sp³-hybridized carbons (Fsp3) is 0.300. The average Bonchev–Trinajstić information content (AvgIpc) is 2.97. The van der Waals surface area contributed by atoms with Gasteiger partial charge in [-0.15, -0.1) is 0 Å². The molecule has 136 valence electrons. The van der Waals surface area contributed by atoms with Crippen molar-refractivity contribution < 1.29 is 14.3 Å². The molecule has 3 rings (SSSR count). The van der Waals surface area contributed by atoms with E-state index in [0.717, 1.165) is 22.3 Å². The van der Waals surface area contributed by atoms with Crippen LogP contribution in [0.5, 0.6) is 0 Å². The van der Waals surface area contributed by atoms with E-state index in [1.165, 1.54) is 0 Å². The highest BCUT2D eigenvalue weighted by atomic mass is 16.5. The van der Waals surface area contributed by atoms with Gasteiger partial charge in [0.25, 0.3) is 0 Å². The van der Waals surface area contributed by atoms with Gasteiger partial charge in [-0.05, 0) is 41.6 Å². The van der Waals surface area contributed by atoms with Crippen LogP contribution in [0.1, 0.15) is 29.9 Å².